The summed E-state index contributed by atoms with van der Waals surface area (Å²) in [5.74, 6) is 0. The number of rotatable bonds is 5. The molecule has 0 aliphatic rings. The molecule has 0 aliphatic heterocycles. The van der Waals surface area contributed by atoms with Crippen molar-refractivity contribution < 1.29 is 5.11 Å². The first-order valence-corrected chi connectivity index (χ1v) is 4.56. The Morgan fingerprint density at radius 3 is 2.25 bits per heavy atom. The molecule has 12 heavy (non-hydrogen) atoms. The first-order chi connectivity index (χ1) is 5.66. The van der Waals surface area contributed by atoms with Crippen molar-refractivity contribution in [3.63, 3.8) is 0 Å². The standard InChI is InChI=1S/C11H20O/c1-10(2)6-4-7-11(3)8-5-9-12/h6,8,12H,4-5,7,9H2,1-3H3/b11-8-. The quantitative estimate of drug-likeness (QED) is 0.625. The van der Waals surface area contributed by atoms with Gasteiger partial charge in [-0.2, -0.15) is 0 Å². The molecule has 1 nitrogen and oxygen atoms in total. The molecular formula is C11H20O. The van der Waals surface area contributed by atoms with Crippen molar-refractivity contribution in [2.45, 2.75) is 40.0 Å². The second-order valence-electron chi connectivity index (χ2n) is 3.38. The topological polar surface area (TPSA) is 20.2 Å². The molecule has 0 radical (unpaired) electrons. The van der Waals surface area contributed by atoms with Crippen molar-refractivity contribution in [2.75, 3.05) is 6.61 Å². The zero-order valence-corrected chi connectivity index (χ0v) is 8.43. The van der Waals surface area contributed by atoms with Gasteiger partial charge in [0.05, 0.1) is 0 Å². The molecule has 0 amide bonds. The van der Waals surface area contributed by atoms with Crippen LogP contribution in [-0.2, 0) is 0 Å². The third-order valence-corrected chi connectivity index (χ3v) is 1.71. The fourth-order valence-corrected chi connectivity index (χ4v) is 1.00. The Bertz CT molecular complexity index is 162. The van der Waals surface area contributed by atoms with Gasteiger partial charge in [-0.25, -0.2) is 0 Å². The van der Waals surface area contributed by atoms with Gasteiger partial charge in [-0.05, 0) is 40.0 Å². The van der Waals surface area contributed by atoms with Crippen LogP contribution in [0, 0.1) is 0 Å². The summed E-state index contributed by atoms with van der Waals surface area (Å²) in [5, 5.41) is 8.57. The summed E-state index contributed by atoms with van der Waals surface area (Å²) in [7, 11) is 0. The molecule has 70 valence electrons. The Kier molecular flexibility index (Phi) is 6.78. The van der Waals surface area contributed by atoms with E-state index in [1.54, 1.807) is 0 Å². The highest BCUT2D eigenvalue weighted by molar-refractivity contribution is 5.01. The van der Waals surface area contributed by atoms with Crippen molar-refractivity contribution in [3.8, 4) is 0 Å². The molecule has 0 saturated heterocycles. The van der Waals surface area contributed by atoms with Gasteiger partial charge in [-0.3, -0.25) is 0 Å². The van der Waals surface area contributed by atoms with E-state index < -0.39 is 0 Å². The molecule has 0 aromatic rings. The molecule has 0 heterocycles. The number of hydrogen-bond donors (Lipinski definition) is 1. The van der Waals surface area contributed by atoms with Crippen LogP contribution in [0.3, 0.4) is 0 Å². The molecule has 1 heteroatoms. The van der Waals surface area contributed by atoms with Gasteiger partial charge in [0.25, 0.3) is 0 Å². The summed E-state index contributed by atoms with van der Waals surface area (Å²) in [5.41, 5.74) is 2.76. The monoisotopic (exact) mass is 168 g/mol. The lowest BCUT2D eigenvalue weighted by Crippen LogP contribution is -1.81. The highest BCUT2D eigenvalue weighted by atomic mass is 16.2. The van der Waals surface area contributed by atoms with E-state index in [2.05, 4.69) is 32.9 Å². The number of aliphatic hydroxyl groups excluding tert-OH is 1. The minimum absolute atomic E-state index is 0.264. The van der Waals surface area contributed by atoms with Gasteiger partial charge in [-0.1, -0.05) is 23.3 Å². The molecule has 0 aromatic carbocycles. The lowest BCUT2D eigenvalue weighted by molar-refractivity contribution is 0.302. The van der Waals surface area contributed by atoms with Crippen LogP contribution in [0.2, 0.25) is 0 Å². The largest absolute Gasteiger partial charge is 0.396 e. The molecule has 0 rings (SSSR count). The van der Waals surface area contributed by atoms with E-state index in [-0.39, 0.29) is 6.61 Å². The van der Waals surface area contributed by atoms with Crippen LogP contribution < -0.4 is 0 Å². The van der Waals surface area contributed by atoms with Crippen LogP contribution in [0.25, 0.3) is 0 Å². The minimum Gasteiger partial charge on any atom is -0.396 e. The van der Waals surface area contributed by atoms with Gasteiger partial charge in [0, 0.05) is 6.61 Å². The van der Waals surface area contributed by atoms with Gasteiger partial charge in [0.1, 0.15) is 0 Å². The number of allylic oxidation sites excluding steroid dienone is 3. The highest BCUT2D eigenvalue weighted by Gasteiger charge is 1.87. The highest BCUT2D eigenvalue weighted by Crippen LogP contribution is 2.06. The van der Waals surface area contributed by atoms with E-state index in [1.165, 1.54) is 11.1 Å². The SMILES string of the molecule is CC(C)=CCC/C(C)=C\CCO. The molecule has 0 saturated carbocycles. The van der Waals surface area contributed by atoms with E-state index in [0.717, 1.165) is 19.3 Å². The maximum absolute atomic E-state index is 8.57. The summed E-state index contributed by atoms with van der Waals surface area (Å²) < 4.78 is 0. The number of hydrogen-bond acceptors (Lipinski definition) is 1. The normalized spacial score (nSPS) is 11.5. The minimum atomic E-state index is 0.264. The first kappa shape index (κ1) is 11.4. The molecule has 0 spiro atoms. The Hall–Kier alpha value is -0.560. The van der Waals surface area contributed by atoms with E-state index >= 15 is 0 Å². The maximum atomic E-state index is 8.57. The second kappa shape index (κ2) is 7.11. The molecule has 0 aromatic heterocycles. The number of aliphatic hydroxyl groups is 1. The van der Waals surface area contributed by atoms with Gasteiger partial charge >= 0.3 is 0 Å². The first-order valence-electron chi connectivity index (χ1n) is 4.56. The smallest absolute Gasteiger partial charge is 0.0465 e. The molecular weight excluding hydrogens is 148 g/mol. The third-order valence-electron chi connectivity index (χ3n) is 1.71. The van der Waals surface area contributed by atoms with Crippen molar-refractivity contribution in [1.82, 2.24) is 0 Å². The van der Waals surface area contributed by atoms with Gasteiger partial charge in [0.15, 0.2) is 0 Å². The van der Waals surface area contributed by atoms with E-state index in [0.29, 0.717) is 0 Å². The molecule has 1 N–H and O–H groups in total. The van der Waals surface area contributed by atoms with Crippen LogP contribution in [0.15, 0.2) is 23.3 Å². The Balaban J connectivity index is 3.56. The van der Waals surface area contributed by atoms with Crippen molar-refractivity contribution in [2.24, 2.45) is 0 Å². The fourth-order valence-electron chi connectivity index (χ4n) is 1.00. The van der Waals surface area contributed by atoms with Crippen LogP contribution in [0.1, 0.15) is 40.0 Å². The van der Waals surface area contributed by atoms with E-state index in [1.807, 2.05) is 0 Å². The molecule has 0 atom stereocenters. The third kappa shape index (κ3) is 7.55. The molecule has 0 aliphatic carbocycles. The maximum Gasteiger partial charge on any atom is 0.0465 e. The van der Waals surface area contributed by atoms with Gasteiger partial charge in [0.2, 0.25) is 0 Å². The van der Waals surface area contributed by atoms with Crippen LogP contribution in [0.4, 0.5) is 0 Å². The van der Waals surface area contributed by atoms with Crippen molar-refractivity contribution in [1.29, 1.82) is 0 Å². The summed E-state index contributed by atoms with van der Waals surface area (Å²) >= 11 is 0. The van der Waals surface area contributed by atoms with E-state index in [4.69, 9.17) is 5.11 Å². The zero-order chi connectivity index (χ0) is 9.40. The van der Waals surface area contributed by atoms with Crippen LogP contribution in [0.5, 0.6) is 0 Å². The van der Waals surface area contributed by atoms with Crippen molar-refractivity contribution >= 4 is 0 Å². The molecule has 0 unspecified atom stereocenters. The average Bonchev–Trinajstić information content (AvgIpc) is 2.00. The summed E-state index contributed by atoms with van der Waals surface area (Å²) in [6, 6.07) is 0. The Morgan fingerprint density at radius 1 is 1.08 bits per heavy atom. The summed E-state index contributed by atoms with van der Waals surface area (Å²) in [6.45, 7) is 6.62. The summed E-state index contributed by atoms with van der Waals surface area (Å²) in [4.78, 5) is 0. The van der Waals surface area contributed by atoms with Crippen molar-refractivity contribution in [3.05, 3.63) is 23.3 Å². The predicted molar refractivity (Wildman–Crippen MR) is 54.1 cm³/mol. The van der Waals surface area contributed by atoms with Gasteiger partial charge < -0.3 is 5.11 Å². The Morgan fingerprint density at radius 2 is 1.75 bits per heavy atom. The lowest BCUT2D eigenvalue weighted by atomic mass is 10.1. The average molecular weight is 168 g/mol. The van der Waals surface area contributed by atoms with Gasteiger partial charge in [-0.15, -0.1) is 0 Å². The zero-order valence-electron chi connectivity index (χ0n) is 8.43. The van der Waals surface area contributed by atoms with Crippen LogP contribution in [-0.4, -0.2) is 11.7 Å². The van der Waals surface area contributed by atoms with Crippen LogP contribution >= 0.6 is 0 Å². The summed E-state index contributed by atoms with van der Waals surface area (Å²) in [6.07, 6.45) is 7.39. The molecule has 0 fully saturated rings. The predicted octanol–water partition coefficient (Wildman–Crippen LogP) is 3.06. The second-order valence-corrected chi connectivity index (χ2v) is 3.38. The Labute approximate surface area is 75.8 Å². The fraction of sp³-hybridized carbons (Fsp3) is 0.636. The lowest BCUT2D eigenvalue weighted by Gasteiger charge is -1.97. The van der Waals surface area contributed by atoms with E-state index in [9.17, 15) is 0 Å². The molecule has 0 bridgehead atoms.